The summed E-state index contributed by atoms with van der Waals surface area (Å²) in [5.41, 5.74) is -0.423. The quantitative estimate of drug-likeness (QED) is 0.618. The van der Waals surface area contributed by atoms with Gasteiger partial charge in [0.1, 0.15) is 0 Å². The fourth-order valence-corrected chi connectivity index (χ4v) is 1.88. The van der Waals surface area contributed by atoms with Crippen LogP contribution >= 0.6 is 11.6 Å². The minimum absolute atomic E-state index is 0.0473. The maximum Gasteiger partial charge on any atom is 0.313 e. The number of nitrogens with zero attached hydrogens (tertiary/aromatic N) is 1. The number of hydrogen-bond acceptors (Lipinski definition) is 6. The van der Waals surface area contributed by atoms with Gasteiger partial charge in [-0.1, -0.05) is 11.6 Å². The first-order valence-corrected chi connectivity index (χ1v) is 6.31. The topological polar surface area (TPSA) is 102 Å². The van der Waals surface area contributed by atoms with Crippen molar-refractivity contribution >= 4 is 23.3 Å². The fraction of sp³-hybridized carbons (Fsp3) is 0.0714. The molecule has 22 heavy (non-hydrogen) atoms. The minimum atomic E-state index is -1.37. The van der Waals surface area contributed by atoms with Crippen LogP contribution in [0, 0.1) is 10.1 Å². The van der Waals surface area contributed by atoms with E-state index in [1.54, 1.807) is 0 Å². The molecule has 0 aromatic heterocycles. The summed E-state index contributed by atoms with van der Waals surface area (Å²) >= 11 is 5.72. The Balaban J connectivity index is 2.43. The van der Waals surface area contributed by atoms with Gasteiger partial charge in [0.05, 0.1) is 18.0 Å². The van der Waals surface area contributed by atoms with Crippen LogP contribution < -0.4 is 14.6 Å². The number of hydrogen-bond donors (Lipinski definition) is 0. The third-order valence-electron chi connectivity index (χ3n) is 2.74. The Morgan fingerprint density at radius 3 is 2.41 bits per heavy atom. The van der Waals surface area contributed by atoms with Crippen LogP contribution in [-0.4, -0.2) is 18.0 Å². The summed E-state index contributed by atoms with van der Waals surface area (Å²) in [7, 11) is 1.32. The minimum Gasteiger partial charge on any atom is -0.545 e. The molecule has 0 aliphatic rings. The van der Waals surface area contributed by atoms with Gasteiger partial charge in [-0.25, -0.2) is 0 Å². The second-order valence-corrected chi connectivity index (χ2v) is 4.56. The van der Waals surface area contributed by atoms with Crippen molar-refractivity contribution in [3.05, 3.63) is 57.1 Å². The van der Waals surface area contributed by atoms with E-state index in [1.807, 2.05) is 0 Å². The van der Waals surface area contributed by atoms with Crippen LogP contribution in [0.5, 0.6) is 17.2 Å². The largest absolute Gasteiger partial charge is 0.545 e. The number of carboxylic acid groups (broad SMARTS) is 1. The average Bonchev–Trinajstić information content (AvgIpc) is 2.48. The van der Waals surface area contributed by atoms with Crippen LogP contribution in [0.1, 0.15) is 10.4 Å². The van der Waals surface area contributed by atoms with Crippen LogP contribution in [0.4, 0.5) is 5.69 Å². The normalized spacial score (nSPS) is 10.1. The summed E-state index contributed by atoms with van der Waals surface area (Å²) in [5.74, 6) is -1.19. The third-order valence-corrected chi connectivity index (χ3v) is 2.97. The van der Waals surface area contributed by atoms with Gasteiger partial charge in [-0.2, -0.15) is 0 Å². The van der Waals surface area contributed by atoms with Gasteiger partial charge in [0.25, 0.3) is 0 Å². The van der Waals surface area contributed by atoms with E-state index in [-0.39, 0.29) is 33.5 Å². The number of rotatable bonds is 5. The van der Waals surface area contributed by atoms with Gasteiger partial charge in [0.15, 0.2) is 11.5 Å². The molecule has 0 saturated heterocycles. The Morgan fingerprint density at radius 1 is 1.14 bits per heavy atom. The third kappa shape index (κ3) is 3.26. The standard InChI is InChI=1S/C14H10ClNO6/c1-21-13-6-8(14(17)18)2-4-12(13)22-11-5-3-9(15)7-10(11)16(19)20/h2-7H,1H3,(H,17,18)/p-1. The van der Waals surface area contributed by atoms with Crippen LogP contribution in [0.25, 0.3) is 0 Å². The van der Waals surface area contributed by atoms with E-state index in [0.717, 1.165) is 6.07 Å². The molecular weight excluding hydrogens is 314 g/mol. The highest BCUT2D eigenvalue weighted by atomic mass is 35.5. The number of nitro benzene ring substituents is 1. The molecule has 2 aromatic rings. The van der Waals surface area contributed by atoms with E-state index in [4.69, 9.17) is 21.1 Å². The molecule has 0 heterocycles. The average molecular weight is 323 g/mol. The zero-order valence-electron chi connectivity index (χ0n) is 11.2. The van der Waals surface area contributed by atoms with Crippen molar-refractivity contribution < 1.29 is 24.3 Å². The van der Waals surface area contributed by atoms with Crippen molar-refractivity contribution in [3.8, 4) is 17.2 Å². The van der Waals surface area contributed by atoms with Crippen molar-refractivity contribution in [3.63, 3.8) is 0 Å². The molecule has 0 amide bonds. The maximum absolute atomic E-state index is 11.0. The number of nitro groups is 1. The number of carbonyl (C=O) groups is 1. The van der Waals surface area contributed by atoms with Crippen LogP contribution in [0.15, 0.2) is 36.4 Å². The Morgan fingerprint density at radius 2 is 1.82 bits per heavy atom. The van der Waals surface area contributed by atoms with E-state index >= 15 is 0 Å². The lowest BCUT2D eigenvalue weighted by atomic mass is 10.2. The lowest BCUT2D eigenvalue weighted by molar-refractivity contribution is -0.385. The molecule has 8 heteroatoms. The number of halogens is 1. The van der Waals surface area contributed by atoms with Crippen molar-refractivity contribution in [2.24, 2.45) is 0 Å². The Labute approximate surface area is 129 Å². The molecule has 2 aromatic carbocycles. The van der Waals surface area contributed by atoms with Gasteiger partial charge in [-0.3, -0.25) is 10.1 Å². The molecule has 0 spiro atoms. The monoisotopic (exact) mass is 322 g/mol. The Kier molecular flexibility index (Phi) is 4.47. The predicted molar refractivity (Wildman–Crippen MR) is 75.5 cm³/mol. The number of benzene rings is 2. The first-order chi connectivity index (χ1) is 10.4. The van der Waals surface area contributed by atoms with E-state index in [2.05, 4.69) is 0 Å². The number of carbonyl (C=O) groups excluding carboxylic acids is 1. The molecule has 0 radical (unpaired) electrons. The van der Waals surface area contributed by atoms with Crippen LogP contribution in [0.3, 0.4) is 0 Å². The molecule has 7 nitrogen and oxygen atoms in total. The van der Waals surface area contributed by atoms with Crippen LogP contribution in [-0.2, 0) is 0 Å². The molecule has 0 atom stereocenters. The molecule has 0 unspecified atom stereocenters. The van der Waals surface area contributed by atoms with Gasteiger partial charge in [0.2, 0.25) is 5.75 Å². The molecule has 0 N–H and O–H groups in total. The summed E-state index contributed by atoms with van der Waals surface area (Å²) in [5, 5.41) is 22.0. The summed E-state index contributed by atoms with van der Waals surface area (Å²) in [6.07, 6.45) is 0. The number of carboxylic acids is 1. The maximum atomic E-state index is 11.0. The first kappa shape index (κ1) is 15.6. The zero-order chi connectivity index (χ0) is 16.3. The van der Waals surface area contributed by atoms with Gasteiger partial charge in [0, 0.05) is 16.7 Å². The van der Waals surface area contributed by atoms with Crippen molar-refractivity contribution in [2.45, 2.75) is 0 Å². The highest BCUT2D eigenvalue weighted by Gasteiger charge is 2.18. The zero-order valence-corrected chi connectivity index (χ0v) is 12.0. The van der Waals surface area contributed by atoms with Gasteiger partial charge >= 0.3 is 5.69 Å². The van der Waals surface area contributed by atoms with E-state index < -0.39 is 10.9 Å². The van der Waals surface area contributed by atoms with Gasteiger partial charge < -0.3 is 19.4 Å². The lowest BCUT2D eigenvalue weighted by Gasteiger charge is -2.12. The van der Waals surface area contributed by atoms with E-state index in [9.17, 15) is 20.0 Å². The lowest BCUT2D eigenvalue weighted by Crippen LogP contribution is -2.22. The van der Waals surface area contributed by atoms with E-state index in [0.29, 0.717) is 0 Å². The highest BCUT2D eigenvalue weighted by molar-refractivity contribution is 6.30. The highest BCUT2D eigenvalue weighted by Crippen LogP contribution is 2.37. The summed E-state index contributed by atoms with van der Waals surface area (Å²) < 4.78 is 10.5. The number of aromatic carboxylic acids is 1. The Hall–Kier alpha value is -2.80. The van der Waals surface area contributed by atoms with Gasteiger partial charge in [-0.15, -0.1) is 0 Å². The molecule has 114 valence electrons. The predicted octanol–water partition coefficient (Wildman–Crippen LogP) is 2.41. The van der Waals surface area contributed by atoms with Gasteiger partial charge in [-0.05, 0) is 30.3 Å². The molecule has 0 fully saturated rings. The SMILES string of the molecule is COc1cc(C(=O)[O-])ccc1Oc1ccc(Cl)cc1[N+](=O)[O-]. The molecule has 2 rings (SSSR count). The second kappa shape index (κ2) is 6.31. The molecule has 0 bridgehead atoms. The summed E-state index contributed by atoms with van der Waals surface area (Å²) in [4.78, 5) is 21.2. The number of methoxy groups -OCH3 is 1. The first-order valence-electron chi connectivity index (χ1n) is 5.93. The molecular formula is C14H9ClNO6-. The van der Waals surface area contributed by atoms with E-state index in [1.165, 1.54) is 37.4 Å². The van der Waals surface area contributed by atoms with Crippen molar-refractivity contribution in [1.82, 2.24) is 0 Å². The van der Waals surface area contributed by atoms with Crippen molar-refractivity contribution in [1.29, 1.82) is 0 Å². The smallest absolute Gasteiger partial charge is 0.313 e. The van der Waals surface area contributed by atoms with Crippen LogP contribution in [0.2, 0.25) is 5.02 Å². The molecule has 0 aliphatic heterocycles. The summed E-state index contributed by atoms with van der Waals surface area (Å²) in [6, 6.07) is 7.70. The summed E-state index contributed by atoms with van der Waals surface area (Å²) in [6.45, 7) is 0. The van der Waals surface area contributed by atoms with Crippen molar-refractivity contribution in [2.75, 3.05) is 7.11 Å². The fourth-order valence-electron chi connectivity index (χ4n) is 1.72. The second-order valence-electron chi connectivity index (χ2n) is 4.12. The Bertz CT molecular complexity index is 746. The molecule has 0 saturated carbocycles. The number of ether oxygens (including phenoxy) is 2. The molecule has 0 aliphatic carbocycles.